The third kappa shape index (κ3) is 6.02. The van der Waals surface area contributed by atoms with Gasteiger partial charge in [0.25, 0.3) is 0 Å². The molecule has 0 aromatic carbocycles. The van der Waals surface area contributed by atoms with Gasteiger partial charge in [0.2, 0.25) is 0 Å². The van der Waals surface area contributed by atoms with Crippen molar-refractivity contribution in [2.75, 3.05) is 13.1 Å². The fourth-order valence-electron chi connectivity index (χ4n) is 0.833. The Labute approximate surface area is 78.6 Å². The monoisotopic (exact) mass is 201 g/mol. The zero-order valence-corrected chi connectivity index (χ0v) is 7.38. The van der Waals surface area contributed by atoms with Crippen LogP contribution in [0.25, 0.3) is 0 Å². The minimum Gasteiger partial charge on any atom is -0.391 e. The van der Waals surface area contributed by atoms with Crippen LogP contribution in [0.3, 0.4) is 0 Å². The van der Waals surface area contributed by atoms with Gasteiger partial charge in [0.05, 0.1) is 0 Å². The second-order valence-corrected chi connectivity index (χ2v) is 2.29. The molecule has 2 rings (SSSR count). The van der Waals surface area contributed by atoms with Crippen molar-refractivity contribution in [3.05, 3.63) is 24.6 Å². The van der Waals surface area contributed by atoms with Gasteiger partial charge in [-0.05, 0) is 25.2 Å². The molecule has 0 saturated heterocycles. The molecule has 0 aliphatic carbocycles. The summed E-state index contributed by atoms with van der Waals surface area (Å²) in [4.78, 5) is 0. The van der Waals surface area contributed by atoms with Crippen LogP contribution in [0.1, 0.15) is 12.8 Å². The Morgan fingerprint density at radius 2 is 1.27 bits per heavy atom. The molecule has 1 radical (unpaired) electrons. The van der Waals surface area contributed by atoms with Gasteiger partial charge in [-0.15, -0.1) is 0 Å². The predicted molar refractivity (Wildman–Crippen MR) is 43.5 cm³/mol. The summed E-state index contributed by atoms with van der Waals surface area (Å²) in [5, 5.41) is 6.08. The molecule has 0 bridgehead atoms. The summed E-state index contributed by atoms with van der Waals surface area (Å²) in [6, 6.07) is 0. The largest absolute Gasteiger partial charge is 0.391 e. The number of hydrogen-bond acceptors (Lipinski definition) is 2. The summed E-state index contributed by atoms with van der Waals surface area (Å²) in [5.74, 6) is 0. The summed E-state index contributed by atoms with van der Waals surface area (Å²) < 4.78 is 0. The van der Waals surface area contributed by atoms with Crippen molar-refractivity contribution in [1.29, 1.82) is 0 Å². The van der Waals surface area contributed by atoms with E-state index in [1.54, 1.807) is 0 Å². The molecular formula is C8H14CuN2. The summed E-state index contributed by atoms with van der Waals surface area (Å²) in [6.07, 6.45) is 10.6. The Morgan fingerprint density at radius 3 is 1.36 bits per heavy atom. The van der Waals surface area contributed by atoms with Crippen molar-refractivity contribution in [3.8, 4) is 0 Å². The van der Waals surface area contributed by atoms with Gasteiger partial charge >= 0.3 is 0 Å². The van der Waals surface area contributed by atoms with Crippen LogP contribution < -0.4 is 10.6 Å². The van der Waals surface area contributed by atoms with E-state index in [1.807, 2.05) is 12.4 Å². The third-order valence-electron chi connectivity index (χ3n) is 1.38. The first-order chi connectivity index (χ1) is 5.00. The Morgan fingerprint density at radius 1 is 0.818 bits per heavy atom. The molecule has 0 atom stereocenters. The summed E-state index contributed by atoms with van der Waals surface area (Å²) in [6.45, 7) is 2.28. The molecule has 0 spiro atoms. The Balaban J connectivity index is 0.000000167. The van der Waals surface area contributed by atoms with Crippen LogP contribution in [0.5, 0.6) is 0 Å². The molecule has 0 amide bonds. The van der Waals surface area contributed by atoms with Gasteiger partial charge < -0.3 is 10.6 Å². The number of nitrogens with one attached hydrogen (secondary N) is 2. The first-order valence-electron chi connectivity index (χ1n) is 3.77. The van der Waals surface area contributed by atoms with Crippen LogP contribution in [0.2, 0.25) is 0 Å². The molecule has 0 saturated carbocycles. The summed E-state index contributed by atoms with van der Waals surface area (Å²) >= 11 is 0. The minimum absolute atomic E-state index is 0. The van der Waals surface area contributed by atoms with Gasteiger partial charge in [-0.1, -0.05) is 12.2 Å². The van der Waals surface area contributed by atoms with Crippen LogP contribution in [-0.4, -0.2) is 13.1 Å². The molecule has 2 heterocycles. The molecular weight excluding hydrogens is 188 g/mol. The first kappa shape index (κ1) is 10.6. The van der Waals surface area contributed by atoms with Gasteiger partial charge in [0, 0.05) is 30.2 Å². The van der Waals surface area contributed by atoms with E-state index in [1.165, 1.54) is 12.8 Å². The van der Waals surface area contributed by atoms with Gasteiger partial charge in [-0.2, -0.15) is 0 Å². The van der Waals surface area contributed by atoms with Gasteiger partial charge in [-0.3, -0.25) is 0 Å². The van der Waals surface area contributed by atoms with Gasteiger partial charge in [0.15, 0.2) is 0 Å². The SMILES string of the molecule is C1=CNCC1.C1=CNCC1.[Cu]. The maximum Gasteiger partial charge on any atom is 0.0176 e. The second kappa shape index (κ2) is 7.70. The van der Waals surface area contributed by atoms with E-state index in [4.69, 9.17) is 0 Å². The van der Waals surface area contributed by atoms with E-state index in [2.05, 4.69) is 22.8 Å². The van der Waals surface area contributed by atoms with Crippen LogP contribution in [0.4, 0.5) is 0 Å². The Hall–Kier alpha value is -0.401. The maximum atomic E-state index is 3.04. The molecule has 11 heavy (non-hydrogen) atoms. The minimum atomic E-state index is 0. The maximum absolute atomic E-state index is 3.04. The molecule has 3 heteroatoms. The quantitative estimate of drug-likeness (QED) is 0.572. The fraction of sp³-hybridized carbons (Fsp3) is 0.500. The predicted octanol–water partition coefficient (Wildman–Crippen LogP) is 0.984. The molecule has 0 unspecified atom stereocenters. The van der Waals surface area contributed by atoms with E-state index >= 15 is 0 Å². The third-order valence-corrected chi connectivity index (χ3v) is 1.38. The first-order valence-corrected chi connectivity index (χ1v) is 3.77. The number of hydrogen-bond donors (Lipinski definition) is 2. The zero-order chi connectivity index (χ0) is 7.07. The molecule has 2 nitrogen and oxygen atoms in total. The standard InChI is InChI=1S/2C4H7N.Cu/c2*1-2-4-5-3-1;/h2*1,3,5H,2,4H2;. The zero-order valence-electron chi connectivity index (χ0n) is 6.44. The Bertz CT molecular complexity index is 104. The Kier molecular flexibility index (Phi) is 7.42. The van der Waals surface area contributed by atoms with Crippen molar-refractivity contribution < 1.29 is 17.1 Å². The van der Waals surface area contributed by atoms with Gasteiger partial charge in [-0.25, -0.2) is 0 Å². The van der Waals surface area contributed by atoms with Crippen LogP contribution in [0.15, 0.2) is 24.6 Å². The van der Waals surface area contributed by atoms with Gasteiger partial charge in [0.1, 0.15) is 0 Å². The fourth-order valence-corrected chi connectivity index (χ4v) is 0.833. The normalized spacial score (nSPS) is 17.5. The second-order valence-electron chi connectivity index (χ2n) is 2.29. The molecule has 2 aliphatic rings. The van der Waals surface area contributed by atoms with Crippen molar-refractivity contribution >= 4 is 0 Å². The van der Waals surface area contributed by atoms with E-state index in [0.29, 0.717) is 0 Å². The molecule has 0 aromatic heterocycles. The van der Waals surface area contributed by atoms with Crippen LogP contribution in [-0.2, 0) is 17.1 Å². The number of rotatable bonds is 0. The summed E-state index contributed by atoms with van der Waals surface area (Å²) in [7, 11) is 0. The van der Waals surface area contributed by atoms with E-state index in [0.717, 1.165) is 13.1 Å². The average Bonchev–Trinajstić information content (AvgIpc) is 2.67. The average molecular weight is 202 g/mol. The molecule has 0 fully saturated rings. The molecule has 2 N–H and O–H groups in total. The van der Waals surface area contributed by atoms with E-state index in [-0.39, 0.29) is 17.1 Å². The molecule has 0 aromatic rings. The van der Waals surface area contributed by atoms with Crippen molar-refractivity contribution in [3.63, 3.8) is 0 Å². The molecule has 2 aliphatic heterocycles. The van der Waals surface area contributed by atoms with Crippen molar-refractivity contribution in [2.24, 2.45) is 0 Å². The topological polar surface area (TPSA) is 24.1 Å². The van der Waals surface area contributed by atoms with Crippen molar-refractivity contribution in [1.82, 2.24) is 10.6 Å². The van der Waals surface area contributed by atoms with E-state index in [9.17, 15) is 0 Å². The van der Waals surface area contributed by atoms with Crippen LogP contribution >= 0.6 is 0 Å². The van der Waals surface area contributed by atoms with E-state index < -0.39 is 0 Å². The van der Waals surface area contributed by atoms with Crippen LogP contribution in [0, 0.1) is 0 Å². The van der Waals surface area contributed by atoms with Crippen molar-refractivity contribution in [2.45, 2.75) is 12.8 Å². The molecule has 67 valence electrons. The summed E-state index contributed by atoms with van der Waals surface area (Å²) in [5.41, 5.74) is 0. The smallest absolute Gasteiger partial charge is 0.0176 e.